The van der Waals surface area contributed by atoms with Crippen LogP contribution in [-0.2, 0) is 25.7 Å². The van der Waals surface area contributed by atoms with Crippen molar-refractivity contribution in [2.75, 3.05) is 53.0 Å². The number of hydrogen-bond acceptors (Lipinski definition) is 6. The lowest BCUT2D eigenvalue weighted by Gasteiger charge is -2.61. The van der Waals surface area contributed by atoms with Gasteiger partial charge in [-0.2, -0.15) is 17.5 Å². The van der Waals surface area contributed by atoms with Crippen molar-refractivity contribution in [2.45, 2.75) is 36.4 Å². The highest BCUT2D eigenvalue weighted by molar-refractivity contribution is 7.89. The van der Waals surface area contributed by atoms with E-state index in [4.69, 9.17) is 9.47 Å². The molecule has 3 aliphatic rings. The smallest absolute Gasteiger partial charge is 0.381 e. The number of likely N-dealkylation sites (tertiary alicyclic amines) is 1. The molecule has 0 amide bonds. The predicted molar refractivity (Wildman–Crippen MR) is 101 cm³/mol. The van der Waals surface area contributed by atoms with Crippen LogP contribution in [0.3, 0.4) is 0 Å². The zero-order chi connectivity index (χ0) is 21.8. The van der Waals surface area contributed by atoms with Crippen LogP contribution < -0.4 is 0 Å². The summed E-state index contributed by atoms with van der Waals surface area (Å²) in [7, 11) is -2.14. The van der Waals surface area contributed by atoms with E-state index in [1.807, 2.05) is 0 Å². The maximum atomic E-state index is 12.9. The van der Waals surface area contributed by atoms with E-state index in [0.29, 0.717) is 26.3 Å². The number of aryl methyl sites for hydroxylation is 1. The van der Waals surface area contributed by atoms with E-state index in [1.165, 1.54) is 11.2 Å². The monoisotopic (exact) mass is 449 g/mol. The number of pyridine rings is 1. The Labute approximate surface area is 174 Å². The lowest BCUT2D eigenvalue weighted by atomic mass is 9.73. The van der Waals surface area contributed by atoms with Gasteiger partial charge in [-0.25, -0.2) is 13.4 Å². The van der Waals surface area contributed by atoms with Crippen molar-refractivity contribution in [1.82, 2.24) is 14.2 Å². The van der Waals surface area contributed by atoms with Gasteiger partial charge < -0.3 is 9.47 Å². The number of halogens is 3. The number of sulfonamides is 1. The molecule has 0 radical (unpaired) electrons. The van der Waals surface area contributed by atoms with E-state index in [0.717, 1.165) is 44.6 Å². The lowest BCUT2D eigenvalue weighted by molar-refractivity contribution is -0.147. The van der Waals surface area contributed by atoms with Gasteiger partial charge in [-0.05, 0) is 19.1 Å². The Morgan fingerprint density at radius 1 is 1.17 bits per heavy atom. The van der Waals surface area contributed by atoms with E-state index >= 15 is 0 Å². The molecule has 3 saturated heterocycles. The molecule has 0 N–H and O–H groups in total. The van der Waals surface area contributed by atoms with Gasteiger partial charge in [0.1, 0.15) is 10.6 Å². The van der Waals surface area contributed by atoms with Crippen LogP contribution in [0.4, 0.5) is 13.2 Å². The van der Waals surface area contributed by atoms with Gasteiger partial charge in [-0.15, -0.1) is 0 Å². The molecule has 0 unspecified atom stereocenters. The molecule has 30 heavy (non-hydrogen) atoms. The molecule has 1 aromatic rings. The summed E-state index contributed by atoms with van der Waals surface area (Å²) >= 11 is 0. The molecule has 0 saturated carbocycles. The third-order valence-corrected chi connectivity index (χ3v) is 8.36. The summed E-state index contributed by atoms with van der Waals surface area (Å²) in [6, 6.07) is 1.73. The molecule has 0 bridgehead atoms. The Kier molecular flexibility index (Phi) is 5.42. The Hall–Kier alpha value is -1.27. The first-order chi connectivity index (χ1) is 14.0. The number of hydrogen-bond donors (Lipinski definition) is 0. The van der Waals surface area contributed by atoms with E-state index in [-0.39, 0.29) is 21.6 Å². The van der Waals surface area contributed by atoms with Crippen molar-refractivity contribution < 1.29 is 31.1 Å². The van der Waals surface area contributed by atoms with Crippen LogP contribution in [0.15, 0.2) is 17.0 Å². The first kappa shape index (κ1) is 21.9. The molecule has 0 aromatic carbocycles. The van der Waals surface area contributed by atoms with Crippen LogP contribution in [-0.4, -0.2) is 81.3 Å². The highest BCUT2D eigenvalue weighted by Crippen LogP contribution is 2.44. The number of alkyl halides is 3. The first-order valence-corrected chi connectivity index (χ1v) is 11.3. The molecule has 11 heteroatoms. The number of nitrogens with zero attached hydrogens (tertiary/aromatic N) is 3. The van der Waals surface area contributed by atoms with E-state index in [2.05, 4.69) is 9.88 Å². The Bertz CT molecular complexity index is 902. The minimum absolute atomic E-state index is 0.0829. The molecule has 4 heterocycles. The molecule has 0 atom stereocenters. The normalized spacial score (nSPS) is 24.4. The Morgan fingerprint density at radius 3 is 2.33 bits per heavy atom. The summed E-state index contributed by atoms with van der Waals surface area (Å²) in [4.78, 5) is 5.57. The molecule has 3 aliphatic heterocycles. The molecule has 0 aliphatic carbocycles. The van der Waals surface area contributed by atoms with Crippen LogP contribution in [0.1, 0.15) is 24.2 Å². The van der Waals surface area contributed by atoms with Gasteiger partial charge >= 0.3 is 6.18 Å². The van der Waals surface area contributed by atoms with Gasteiger partial charge in [0.2, 0.25) is 10.0 Å². The molecule has 7 nitrogen and oxygen atoms in total. The average Bonchev–Trinajstić information content (AvgIpc) is 2.62. The fourth-order valence-electron chi connectivity index (χ4n) is 4.78. The van der Waals surface area contributed by atoms with E-state index in [9.17, 15) is 21.6 Å². The number of aromatic nitrogens is 1. The standard InChI is InChI=1S/C19H26F3N3O4S/c1-14-15(3-4-16(23-14)19(20,21)22)30(26,27)25-11-17(12-25)9-24(10-17)13-18(28-2)5-7-29-8-6-18/h3-4H,5-13H2,1-2H3. The van der Waals surface area contributed by atoms with Crippen LogP contribution in [0.2, 0.25) is 0 Å². The molecule has 168 valence electrons. The predicted octanol–water partition coefficient (Wildman–Crippen LogP) is 1.91. The van der Waals surface area contributed by atoms with Crippen molar-refractivity contribution in [3.05, 3.63) is 23.5 Å². The highest BCUT2D eigenvalue weighted by Gasteiger charge is 2.56. The maximum absolute atomic E-state index is 12.9. The van der Waals surface area contributed by atoms with Crippen LogP contribution in [0.25, 0.3) is 0 Å². The SMILES string of the molecule is COC1(CN2CC3(C2)CN(S(=O)(=O)c2ccc(C(F)(F)F)nc2C)C3)CCOCC1. The van der Waals surface area contributed by atoms with Crippen molar-refractivity contribution in [2.24, 2.45) is 5.41 Å². The van der Waals surface area contributed by atoms with E-state index in [1.54, 1.807) is 7.11 Å². The molecule has 1 spiro atoms. The second kappa shape index (κ2) is 7.40. The quantitative estimate of drug-likeness (QED) is 0.684. The minimum Gasteiger partial charge on any atom is -0.381 e. The van der Waals surface area contributed by atoms with Gasteiger partial charge in [0.25, 0.3) is 0 Å². The largest absolute Gasteiger partial charge is 0.433 e. The van der Waals surface area contributed by atoms with Crippen molar-refractivity contribution >= 4 is 10.0 Å². The Balaban J connectivity index is 1.37. The summed E-state index contributed by atoms with van der Waals surface area (Å²) in [5.74, 6) is 0. The summed E-state index contributed by atoms with van der Waals surface area (Å²) in [6.07, 6.45) is -2.92. The average molecular weight is 449 g/mol. The van der Waals surface area contributed by atoms with Gasteiger partial charge in [-0.3, -0.25) is 4.90 Å². The number of ether oxygens (including phenoxy) is 2. The van der Waals surface area contributed by atoms with Crippen molar-refractivity contribution in [1.29, 1.82) is 0 Å². The minimum atomic E-state index is -4.60. The second-order valence-corrected chi connectivity index (χ2v) is 10.6. The van der Waals surface area contributed by atoms with Crippen molar-refractivity contribution in [3.8, 4) is 0 Å². The third-order valence-electron chi connectivity index (χ3n) is 6.44. The maximum Gasteiger partial charge on any atom is 0.433 e. The van der Waals surface area contributed by atoms with Gasteiger partial charge in [0.05, 0.1) is 11.3 Å². The summed E-state index contributed by atoms with van der Waals surface area (Å²) < 4.78 is 76.7. The molecule has 3 fully saturated rings. The first-order valence-electron chi connectivity index (χ1n) is 9.89. The number of methoxy groups -OCH3 is 1. The van der Waals surface area contributed by atoms with Gasteiger partial charge in [0, 0.05) is 71.3 Å². The van der Waals surface area contributed by atoms with Crippen LogP contribution >= 0.6 is 0 Å². The lowest BCUT2D eigenvalue weighted by Crippen LogP contribution is -2.74. The zero-order valence-corrected chi connectivity index (χ0v) is 17.9. The number of rotatable bonds is 5. The molecular weight excluding hydrogens is 423 g/mol. The van der Waals surface area contributed by atoms with Crippen LogP contribution in [0, 0.1) is 12.3 Å². The molecular formula is C19H26F3N3O4S. The van der Waals surface area contributed by atoms with Gasteiger partial charge in [0.15, 0.2) is 0 Å². The van der Waals surface area contributed by atoms with E-state index < -0.39 is 21.9 Å². The highest BCUT2D eigenvalue weighted by atomic mass is 32.2. The summed E-state index contributed by atoms with van der Waals surface area (Å²) in [6.45, 7) is 5.76. The summed E-state index contributed by atoms with van der Waals surface area (Å²) in [5, 5.41) is 0. The van der Waals surface area contributed by atoms with Gasteiger partial charge in [-0.1, -0.05) is 0 Å². The Morgan fingerprint density at radius 2 is 1.80 bits per heavy atom. The topological polar surface area (TPSA) is 72.0 Å². The van der Waals surface area contributed by atoms with Crippen LogP contribution in [0.5, 0.6) is 0 Å². The fraction of sp³-hybridized carbons (Fsp3) is 0.737. The van der Waals surface area contributed by atoms with Crippen molar-refractivity contribution in [3.63, 3.8) is 0 Å². The zero-order valence-electron chi connectivity index (χ0n) is 17.0. The summed E-state index contributed by atoms with van der Waals surface area (Å²) in [5.41, 5.74) is -1.52. The fourth-order valence-corrected chi connectivity index (χ4v) is 6.61. The molecule has 1 aromatic heterocycles. The third kappa shape index (κ3) is 3.86. The molecule has 4 rings (SSSR count). The second-order valence-electron chi connectivity index (χ2n) is 8.70.